The standard InChI is InChI=1S/C26H31N5O6S/c1-2-37-22-4-3-5-23-24(22)27-26(38-23)30(9-8-28-10-14-35-15-11-28)25(32)19-6-7-20(21(18-19)31(33)34)29-12-16-36-17-13-29/h3-7,18H,2,8-17H2,1H3. The van der Waals surface area contributed by atoms with Gasteiger partial charge in [0.1, 0.15) is 17.0 Å². The molecular weight excluding hydrogens is 510 g/mol. The first-order valence-corrected chi connectivity index (χ1v) is 13.6. The van der Waals surface area contributed by atoms with Crippen LogP contribution in [0.25, 0.3) is 10.2 Å². The summed E-state index contributed by atoms with van der Waals surface area (Å²) in [7, 11) is 0. The first kappa shape index (κ1) is 26.3. The lowest BCUT2D eigenvalue weighted by atomic mass is 10.1. The van der Waals surface area contributed by atoms with Crippen molar-refractivity contribution in [1.29, 1.82) is 0 Å². The summed E-state index contributed by atoms with van der Waals surface area (Å²) >= 11 is 1.41. The minimum atomic E-state index is -0.425. The van der Waals surface area contributed by atoms with Crippen LogP contribution in [-0.2, 0) is 9.47 Å². The van der Waals surface area contributed by atoms with Crippen LogP contribution in [0.2, 0.25) is 0 Å². The van der Waals surface area contributed by atoms with E-state index in [1.807, 2.05) is 30.0 Å². The highest BCUT2D eigenvalue weighted by Crippen LogP contribution is 2.36. The number of hydrogen-bond donors (Lipinski definition) is 0. The van der Waals surface area contributed by atoms with Gasteiger partial charge < -0.3 is 19.1 Å². The number of ether oxygens (including phenoxy) is 3. The van der Waals surface area contributed by atoms with Crippen molar-refractivity contribution in [3.05, 3.63) is 52.1 Å². The second kappa shape index (κ2) is 12.0. The van der Waals surface area contributed by atoms with Gasteiger partial charge in [0.05, 0.1) is 42.7 Å². The number of anilines is 2. The van der Waals surface area contributed by atoms with Crippen LogP contribution in [0.5, 0.6) is 5.75 Å². The first-order valence-electron chi connectivity index (χ1n) is 12.8. The van der Waals surface area contributed by atoms with Crippen LogP contribution < -0.4 is 14.5 Å². The summed E-state index contributed by atoms with van der Waals surface area (Å²) in [6, 6.07) is 10.4. The number of carbonyl (C=O) groups is 1. The molecule has 3 aromatic rings. The van der Waals surface area contributed by atoms with E-state index in [-0.39, 0.29) is 17.2 Å². The number of carbonyl (C=O) groups excluding carboxylic acids is 1. The number of nitro benzene ring substituents is 1. The van der Waals surface area contributed by atoms with E-state index in [0.717, 1.165) is 17.8 Å². The molecule has 38 heavy (non-hydrogen) atoms. The predicted octanol–water partition coefficient (Wildman–Crippen LogP) is 3.42. The fourth-order valence-corrected chi connectivity index (χ4v) is 5.69. The van der Waals surface area contributed by atoms with Crippen molar-refractivity contribution in [2.24, 2.45) is 0 Å². The molecule has 0 bridgehead atoms. The molecule has 1 aromatic heterocycles. The van der Waals surface area contributed by atoms with Crippen LogP contribution in [-0.4, -0.2) is 93.0 Å². The Hall–Kier alpha value is -3.32. The molecular formula is C26H31N5O6S. The van der Waals surface area contributed by atoms with Gasteiger partial charge in [-0.2, -0.15) is 0 Å². The van der Waals surface area contributed by atoms with Crippen LogP contribution in [0.3, 0.4) is 0 Å². The van der Waals surface area contributed by atoms with Gasteiger partial charge in [-0.05, 0) is 31.2 Å². The largest absolute Gasteiger partial charge is 0.492 e. The van der Waals surface area contributed by atoms with Crippen molar-refractivity contribution < 1.29 is 23.9 Å². The van der Waals surface area contributed by atoms with Gasteiger partial charge in [0.15, 0.2) is 5.13 Å². The molecule has 0 saturated carbocycles. The summed E-state index contributed by atoms with van der Waals surface area (Å²) < 4.78 is 17.5. The maximum absolute atomic E-state index is 13.9. The summed E-state index contributed by atoms with van der Waals surface area (Å²) in [5.41, 5.74) is 1.36. The Morgan fingerprint density at radius 2 is 1.87 bits per heavy atom. The molecule has 0 aliphatic carbocycles. The van der Waals surface area contributed by atoms with E-state index in [1.54, 1.807) is 17.0 Å². The molecule has 2 aliphatic rings. The zero-order valence-electron chi connectivity index (χ0n) is 21.3. The van der Waals surface area contributed by atoms with Crippen LogP contribution in [0.4, 0.5) is 16.5 Å². The Morgan fingerprint density at radius 3 is 2.58 bits per heavy atom. The first-order chi connectivity index (χ1) is 18.5. The Kier molecular flexibility index (Phi) is 8.32. The fraction of sp³-hybridized carbons (Fsp3) is 0.462. The molecule has 202 valence electrons. The topological polar surface area (TPSA) is 111 Å². The van der Waals surface area contributed by atoms with Gasteiger partial charge in [-0.3, -0.25) is 24.7 Å². The third-order valence-corrected chi connectivity index (χ3v) is 7.70. The van der Waals surface area contributed by atoms with Gasteiger partial charge in [-0.1, -0.05) is 17.4 Å². The second-order valence-electron chi connectivity index (χ2n) is 9.00. The Balaban J connectivity index is 1.48. The van der Waals surface area contributed by atoms with E-state index < -0.39 is 4.92 Å². The number of rotatable bonds is 9. The molecule has 0 unspecified atom stereocenters. The molecule has 5 rings (SSSR count). The SMILES string of the molecule is CCOc1cccc2sc(N(CCN3CCOCC3)C(=O)c3ccc(N4CCOCC4)c([N+](=O)[O-])c3)nc12. The molecule has 0 spiro atoms. The van der Waals surface area contributed by atoms with Gasteiger partial charge in [0.2, 0.25) is 0 Å². The molecule has 2 saturated heterocycles. The predicted molar refractivity (Wildman–Crippen MR) is 146 cm³/mol. The molecule has 12 heteroatoms. The molecule has 2 aliphatic heterocycles. The molecule has 11 nitrogen and oxygen atoms in total. The average molecular weight is 542 g/mol. The normalized spacial score (nSPS) is 16.5. The zero-order valence-corrected chi connectivity index (χ0v) is 22.2. The maximum atomic E-state index is 13.9. The number of aromatic nitrogens is 1. The minimum Gasteiger partial charge on any atom is -0.492 e. The van der Waals surface area contributed by atoms with Crippen molar-refractivity contribution in [1.82, 2.24) is 9.88 Å². The van der Waals surface area contributed by atoms with E-state index in [0.29, 0.717) is 81.3 Å². The van der Waals surface area contributed by atoms with Crippen molar-refractivity contribution in [2.45, 2.75) is 6.92 Å². The number of nitro groups is 1. The van der Waals surface area contributed by atoms with E-state index in [1.165, 1.54) is 17.4 Å². The molecule has 0 N–H and O–H groups in total. The molecule has 0 radical (unpaired) electrons. The zero-order chi connectivity index (χ0) is 26.5. The van der Waals surface area contributed by atoms with Gasteiger partial charge in [-0.25, -0.2) is 4.98 Å². The Bertz CT molecular complexity index is 1290. The number of para-hydroxylation sites is 1. The van der Waals surface area contributed by atoms with Crippen molar-refractivity contribution in [3.63, 3.8) is 0 Å². The van der Waals surface area contributed by atoms with E-state index in [4.69, 9.17) is 19.2 Å². The second-order valence-corrected chi connectivity index (χ2v) is 10.0. The van der Waals surface area contributed by atoms with Crippen molar-refractivity contribution >= 4 is 44.0 Å². The quantitative estimate of drug-likeness (QED) is 0.297. The summed E-state index contributed by atoms with van der Waals surface area (Å²) in [6.07, 6.45) is 0. The Labute approximate surface area is 224 Å². The Morgan fingerprint density at radius 1 is 1.13 bits per heavy atom. The summed E-state index contributed by atoms with van der Waals surface area (Å²) in [6.45, 7) is 8.47. The third-order valence-electron chi connectivity index (χ3n) is 6.66. The number of morpholine rings is 2. The van der Waals surface area contributed by atoms with Crippen molar-refractivity contribution in [3.8, 4) is 5.75 Å². The monoisotopic (exact) mass is 541 g/mol. The smallest absolute Gasteiger partial charge is 0.293 e. The van der Waals surface area contributed by atoms with Gasteiger partial charge in [0.25, 0.3) is 11.6 Å². The van der Waals surface area contributed by atoms with Crippen LogP contribution in [0.15, 0.2) is 36.4 Å². The fourth-order valence-electron chi connectivity index (χ4n) is 4.68. The van der Waals surface area contributed by atoms with Gasteiger partial charge >= 0.3 is 0 Å². The highest BCUT2D eigenvalue weighted by atomic mass is 32.1. The lowest BCUT2D eigenvalue weighted by Crippen LogP contribution is -2.43. The van der Waals surface area contributed by atoms with Gasteiger partial charge in [-0.15, -0.1) is 0 Å². The number of thiazole rings is 1. The molecule has 2 aromatic carbocycles. The van der Waals surface area contributed by atoms with Crippen LogP contribution in [0, 0.1) is 10.1 Å². The third kappa shape index (κ3) is 5.73. The van der Waals surface area contributed by atoms with Crippen LogP contribution >= 0.6 is 11.3 Å². The van der Waals surface area contributed by atoms with E-state index >= 15 is 0 Å². The lowest BCUT2D eigenvalue weighted by molar-refractivity contribution is -0.384. The molecule has 1 amide bonds. The molecule has 2 fully saturated rings. The lowest BCUT2D eigenvalue weighted by Gasteiger charge is -2.30. The number of hydrogen-bond acceptors (Lipinski definition) is 10. The van der Waals surface area contributed by atoms with E-state index in [2.05, 4.69) is 4.90 Å². The summed E-state index contributed by atoms with van der Waals surface area (Å²) in [5, 5.41) is 12.5. The maximum Gasteiger partial charge on any atom is 0.293 e. The average Bonchev–Trinajstić information content (AvgIpc) is 3.39. The summed E-state index contributed by atoms with van der Waals surface area (Å²) in [4.78, 5) is 36.1. The molecule has 0 atom stereocenters. The number of nitrogens with zero attached hydrogens (tertiary/aromatic N) is 5. The molecule has 3 heterocycles. The van der Waals surface area contributed by atoms with Crippen LogP contribution in [0.1, 0.15) is 17.3 Å². The number of fused-ring (bicyclic) bond motifs is 1. The number of amides is 1. The van der Waals surface area contributed by atoms with Gasteiger partial charge in [0, 0.05) is 50.9 Å². The highest BCUT2D eigenvalue weighted by Gasteiger charge is 2.28. The van der Waals surface area contributed by atoms with E-state index in [9.17, 15) is 14.9 Å². The number of benzene rings is 2. The highest BCUT2D eigenvalue weighted by molar-refractivity contribution is 7.22. The minimum absolute atomic E-state index is 0.0891. The summed E-state index contributed by atoms with van der Waals surface area (Å²) in [5.74, 6) is 0.338. The van der Waals surface area contributed by atoms with Crippen molar-refractivity contribution in [2.75, 3.05) is 82.1 Å².